The summed E-state index contributed by atoms with van der Waals surface area (Å²) in [7, 11) is 2.08. The predicted molar refractivity (Wildman–Crippen MR) is 92.2 cm³/mol. The highest BCUT2D eigenvalue weighted by Crippen LogP contribution is 2.31. The number of aromatic nitrogens is 2. The van der Waals surface area contributed by atoms with E-state index in [2.05, 4.69) is 55.9 Å². The number of nitrogens with zero attached hydrogens (tertiary/aromatic N) is 2. The van der Waals surface area contributed by atoms with Crippen molar-refractivity contribution in [2.24, 2.45) is 7.05 Å². The smallest absolute Gasteiger partial charge is 0.214 e. The lowest BCUT2D eigenvalue weighted by Crippen LogP contribution is -2.31. The summed E-state index contributed by atoms with van der Waals surface area (Å²) >= 11 is 0. The van der Waals surface area contributed by atoms with Crippen LogP contribution in [0, 0.1) is 6.92 Å². The van der Waals surface area contributed by atoms with E-state index >= 15 is 0 Å². The molecule has 0 atom stereocenters. The predicted octanol–water partition coefficient (Wildman–Crippen LogP) is 4.34. The van der Waals surface area contributed by atoms with E-state index in [-0.39, 0.29) is 0 Å². The topological polar surface area (TPSA) is 29.9 Å². The van der Waals surface area contributed by atoms with Gasteiger partial charge in [0, 0.05) is 17.0 Å². The third kappa shape index (κ3) is 2.20. The highest BCUT2D eigenvalue weighted by molar-refractivity contribution is 6.03. The highest BCUT2D eigenvalue weighted by Gasteiger charge is 2.17. The standard InChI is InChI=1S/C20H19N2O/c1-4-14-9-10-17(22(3)12-14)16-11-19-20(21-13(16)2)15-7-5-6-8-18(15)23-19/h5-12H,4H2,1-3H3/q+1. The Morgan fingerprint density at radius 3 is 2.70 bits per heavy atom. The Labute approximate surface area is 135 Å². The molecule has 114 valence electrons. The fourth-order valence-electron chi connectivity index (χ4n) is 3.14. The van der Waals surface area contributed by atoms with Gasteiger partial charge in [-0.15, -0.1) is 0 Å². The normalized spacial score (nSPS) is 11.4. The first-order chi connectivity index (χ1) is 11.2. The van der Waals surface area contributed by atoms with Crippen molar-refractivity contribution in [3.05, 3.63) is 59.9 Å². The largest absolute Gasteiger partial charge is 0.454 e. The molecule has 0 fully saturated rings. The Balaban J connectivity index is 1.97. The summed E-state index contributed by atoms with van der Waals surface area (Å²) in [6, 6.07) is 14.5. The molecule has 1 aromatic carbocycles. The van der Waals surface area contributed by atoms with Crippen LogP contribution in [0.3, 0.4) is 0 Å². The number of para-hydroxylation sites is 1. The van der Waals surface area contributed by atoms with Crippen LogP contribution in [0.1, 0.15) is 18.2 Å². The maximum Gasteiger partial charge on any atom is 0.214 e. The molecule has 0 bridgehead atoms. The lowest BCUT2D eigenvalue weighted by molar-refractivity contribution is -0.660. The van der Waals surface area contributed by atoms with Crippen molar-refractivity contribution in [1.29, 1.82) is 0 Å². The summed E-state index contributed by atoms with van der Waals surface area (Å²) in [6.45, 7) is 4.23. The van der Waals surface area contributed by atoms with Crippen LogP contribution in [0.5, 0.6) is 0 Å². The molecule has 0 aliphatic rings. The van der Waals surface area contributed by atoms with Crippen LogP contribution < -0.4 is 4.57 Å². The average Bonchev–Trinajstić information content (AvgIpc) is 2.92. The molecule has 23 heavy (non-hydrogen) atoms. The van der Waals surface area contributed by atoms with Gasteiger partial charge >= 0.3 is 0 Å². The Bertz CT molecular complexity index is 1030. The number of hydrogen-bond acceptors (Lipinski definition) is 2. The minimum Gasteiger partial charge on any atom is -0.454 e. The summed E-state index contributed by atoms with van der Waals surface area (Å²) in [5.41, 5.74) is 7.27. The molecule has 0 N–H and O–H groups in total. The number of rotatable bonds is 2. The molecule has 0 saturated carbocycles. The number of aryl methyl sites for hydroxylation is 3. The van der Waals surface area contributed by atoms with Crippen LogP contribution in [-0.4, -0.2) is 4.98 Å². The number of hydrogen-bond donors (Lipinski definition) is 0. The van der Waals surface area contributed by atoms with Crippen molar-refractivity contribution in [1.82, 2.24) is 4.98 Å². The van der Waals surface area contributed by atoms with Crippen LogP contribution in [0.15, 0.2) is 53.1 Å². The molecule has 0 aliphatic carbocycles. The van der Waals surface area contributed by atoms with E-state index in [4.69, 9.17) is 9.40 Å². The third-order valence-corrected chi connectivity index (χ3v) is 4.42. The molecule has 0 saturated heterocycles. The monoisotopic (exact) mass is 303 g/mol. The van der Waals surface area contributed by atoms with Gasteiger partial charge in [0.1, 0.15) is 18.1 Å². The van der Waals surface area contributed by atoms with Gasteiger partial charge in [0.25, 0.3) is 0 Å². The van der Waals surface area contributed by atoms with Gasteiger partial charge in [0.15, 0.2) is 11.8 Å². The first-order valence-electron chi connectivity index (χ1n) is 7.95. The number of fused-ring (bicyclic) bond motifs is 3. The molecule has 0 radical (unpaired) electrons. The molecular formula is C20H19N2O+. The lowest BCUT2D eigenvalue weighted by atomic mass is 10.1. The summed E-state index contributed by atoms with van der Waals surface area (Å²) in [6.07, 6.45) is 3.21. The fourth-order valence-corrected chi connectivity index (χ4v) is 3.14. The summed E-state index contributed by atoms with van der Waals surface area (Å²) in [4.78, 5) is 4.82. The quantitative estimate of drug-likeness (QED) is 0.515. The van der Waals surface area contributed by atoms with Gasteiger partial charge in [-0.2, -0.15) is 0 Å². The number of furan rings is 1. The second-order valence-electron chi connectivity index (χ2n) is 5.95. The van der Waals surface area contributed by atoms with E-state index in [1.165, 1.54) is 5.56 Å². The Morgan fingerprint density at radius 1 is 1.09 bits per heavy atom. The molecule has 3 heteroatoms. The minimum atomic E-state index is 0.839. The van der Waals surface area contributed by atoms with Gasteiger partial charge in [-0.05, 0) is 37.6 Å². The van der Waals surface area contributed by atoms with Gasteiger partial charge in [-0.1, -0.05) is 19.1 Å². The van der Waals surface area contributed by atoms with E-state index in [1.807, 2.05) is 18.2 Å². The van der Waals surface area contributed by atoms with E-state index in [9.17, 15) is 0 Å². The molecule has 3 heterocycles. The summed E-state index contributed by atoms with van der Waals surface area (Å²) < 4.78 is 8.15. The van der Waals surface area contributed by atoms with E-state index in [1.54, 1.807) is 0 Å². The van der Waals surface area contributed by atoms with Crippen molar-refractivity contribution in [3.63, 3.8) is 0 Å². The van der Waals surface area contributed by atoms with Gasteiger partial charge in [0.05, 0.1) is 11.3 Å². The zero-order chi connectivity index (χ0) is 16.0. The zero-order valence-electron chi connectivity index (χ0n) is 13.6. The molecule has 4 rings (SSSR count). The lowest BCUT2D eigenvalue weighted by Gasteiger charge is -2.05. The molecule has 0 amide bonds. The Kier molecular flexibility index (Phi) is 3.15. The van der Waals surface area contributed by atoms with Crippen molar-refractivity contribution >= 4 is 22.1 Å². The van der Waals surface area contributed by atoms with Gasteiger partial charge in [-0.25, -0.2) is 9.55 Å². The van der Waals surface area contributed by atoms with Crippen molar-refractivity contribution in [2.45, 2.75) is 20.3 Å². The van der Waals surface area contributed by atoms with Gasteiger partial charge < -0.3 is 4.42 Å². The molecule has 0 aliphatic heterocycles. The van der Waals surface area contributed by atoms with Crippen molar-refractivity contribution in [3.8, 4) is 11.3 Å². The number of benzene rings is 1. The summed E-state index contributed by atoms with van der Waals surface area (Å²) in [5, 5.41) is 1.07. The van der Waals surface area contributed by atoms with Crippen LogP contribution in [0.4, 0.5) is 0 Å². The zero-order valence-corrected chi connectivity index (χ0v) is 13.6. The Morgan fingerprint density at radius 2 is 1.91 bits per heavy atom. The third-order valence-electron chi connectivity index (χ3n) is 4.42. The number of pyridine rings is 2. The molecule has 0 unspecified atom stereocenters. The molecule has 3 nitrogen and oxygen atoms in total. The second kappa shape index (κ2) is 5.20. The van der Waals surface area contributed by atoms with E-state index in [0.29, 0.717) is 0 Å². The van der Waals surface area contributed by atoms with Crippen LogP contribution >= 0.6 is 0 Å². The maximum atomic E-state index is 5.98. The van der Waals surface area contributed by atoms with Crippen molar-refractivity contribution < 1.29 is 8.98 Å². The highest BCUT2D eigenvalue weighted by atomic mass is 16.3. The SMILES string of the molecule is CCc1ccc(-c2cc3oc4ccccc4c3nc2C)[n+](C)c1. The van der Waals surface area contributed by atoms with Gasteiger partial charge in [0.2, 0.25) is 5.69 Å². The Hall–Kier alpha value is -2.68. The molecule has 4 aromatic rings. The molecule has 0 spiro atoms. The van der Waals surface area contributed by atoms with Crippen LogP contribution in [-0.2, 0) is 13.5 Å². The summed E-state index contributed by atoms with van der Waals surface area (Å²) in [5.74, 6) is 0. The first-order valence-corrected chi connectivity index (χ1v) is 7.95. The van der Waals surface area contributed by atoms with Gasteiger partial charge in [-0.3, -0.25) is 0 Å². The maximum absolute atomic E-state index is 5.98. The molecular weight excluding hydrogens is 284 g/mol. The van der Waals surface area contributed by atoms with Crippen molar-refractivity contribution in [2.75, 3.05) is 0 Å². The van der Waals surface area contributed by atoms with E-state index < -0.39 is 0 Å². The van der Waals surface area contributed by atoms with Crippen LogP contribution in [0.25, 0.3) is 33.3 Å². The minimum absolute atomic E-state index is 0.839. The fraction of sp³-hybridized carbons (Fsp3) is 0.200. The average molecular weight is 303 g/mol. The second-order valence-corrected chi connectivity index (χ2v) is 5.95. The van der Waals surface area contributed by atoms with E-state index in [0.717, 1.165) is 45.4 Å². The first kappa shape index (κ1) is 13.9. The van der Waals surface area contributed by atoms with Crippen LogP contribution in [0.2, 0.25) is 0 Å². The molecule has 3 aromatic heterocycles.